The van der Waals surface area contributed by atoms with Crippen LogP contribution in [0.25, 0.3) is 0 Å². The largest absolute Gasteiger partial charge is 0.300 e. The smallest absolute Gasteiger partial charge is 0.134 e. The Morgan fingerprint density at radius 1 is 0.750 bits per heavy atom. The normalized spacial score (nSPS) is 18.7. The first-order chi connectivity index (χ1) is 13.4. The van der Waals surface area contributed by atoms with Crippen molar-refractivity contribution >= 4 is 5.78 Å². The van der Waals surface area contributed by atoms with Gasteiger partial charge in [-0.2, -0.15) is 0 Å². The van der Waals surface area contributed by atoms with Gasteiger partial charge in [0.25, 0.3) is 0 Å². The van der Waals surface area contributed by atoms with Crippen LogP contribution >= 0.6 is 0 Å². The van der Waals surface area contributed by atoms with Crippen molar-refractivity contribution in [1.82, 2.24) is 0 Å². The third-order valence-electron chi connectivity index (χ3n) is 6.95. The fraction of sp³-hybridized carbons (Fsp3) is 0.519. The zero-order valence-electron chi connectivity index (χ0n) is 17.9. The second-order valence-electron chi connectivity index (χ2n) is 9.55. The third-order valence-corrected chi connectivity index (χ3v) is 6.95. The van der Waals surface area contributed by atoms with E-state index in [1.54, 1.807) is 0 Å². The lowest BCUT2D eigenvalue weighted by atomic mass is 9.81. The average molecular weight is 375 g/mol. The molecule has 2 aliphatic carbocycles. The fourth-order valence-electron chi connectivity index (χ4n) is 4.95. The van der Waals surface area contributed by atoms with E-state index in [0.717, 1.165) is 12.8 Å². The molecule has 2 aromatic rings. The first-order valence-electron chi connectivity index (χ1n) is 11.1. The molecule has 1 heteroatoms. The molecule has 4 rings (SSSR count). The molecule has 0 N–H and O–H groups in total. The van der Waals surface area contributed by atoms with Gasteiger partial charge in [-0.05, 0) is 99.3 Å². The molecule has 148 valence electrons. The van der Waals surface area contributed by atoms with Gasteiger partial charge in [0.1, 0.15) is 5.78 Å². The summed E-state index contributed by atoms with van der Waals surface area (Å²) in [5.74, 6) is 2.74. The van der Waals surface area contributed by atoms with Crippen LogP contribution in [0.2, 0.25) is 0 Å². The molecule has 2 atom stereocenters. The lowest BCUT2D eigenvalue weighted by molar-refractivity contribution is -0.120. The highest BCUT2D eigenvalue weighted by atomic mass is 16.1. The minimum Gasteiger partial charge on any atom is -0.300 e. The summed E-state index contributed by atoms with van der Waals surface area (Å²) in [7, 11) is 0. The number of aryl methyl sites for hydroxylation is 4. The zero-order chi connectivity index (χ0) is 19.8. The average Bonchev–Trinajstić information content (AvgIpc) is 3.55. The predicted molar refractivity (Wildman–Crippen MR) is 117 cm³/mol. The van der Waals surface area contributed by atoms with Crippen molar-refractivity contribution in [1.29, 1.82) is 0 Å². The Labute approximate surface area is 170 Å². The summed E-state index contributed by atoms with van der Waals surface area (Å²) in [5, 5.41) is 0. The van der Waals surface area contributed by atoms with Crippen molar-refractivity contribution in [2.75, 3.05) is 0 Å². The van der Waals surface area contributed by atoms with E-state index in [1.807, 2.05) is 0 Å². The second-order valence-corrected chi connectivity index (χ2v) is 9.55. The molecule has 0 bridgehead atoms. The Morgan fingerprint density at radius 2 is 1.14 bits per heavy atom. The van der Waals surface area contributed by atoms with Crippen molar-refractivity contribution in [3.8, 4) is 0 Å². The van der Waals surface area contributed by atoms with E-state index < -0.39 is 0 Å². The summed E-state index contributed by atoms with van der Waals surface area (Å²) in [5.41, 5.74) is 8.16. The lowest BCUT2D eigenvalue weighted by Crippen LogP contribution is -2.15. The number of carbonyl (C=O) groups is 1. The highest BCUT2D eigenvalue weighted by Crippen LogP contribution is 2.48. The van der Waals surface area contributed by atoms with Gasteiger partial charge in [-0.15, -0.1) is 0 Å². The van der Waals surface area contributed by atoms with Crippen LogP contribution in [0.5, 0.6) is 0 Å². The van der Waals surface area contributed by atoms with Gasteiger partial charge in [-0.3, -0.25) is 4.79 Å². The fourth-order valence-corrected chi connectivity index (χ4v) is 4.95. The Kier molecular flexibility index (Phi) is 5.45. The van der Waals surface area contributed by atoms with Crippen molar-refractivity contribution in [3.05, 3.63) is 69.8 Å². The molecule has 0 amide bonds. The maximum absolute atomic E-state index is 13.3. The first kappa shape index (κ1) is 19.4. The summed E-state index contributed by atoms with van der Waals surface area (Å²) in [6.45, 7) is 8.74. The molecule has 28 heavy (non-hydrogen) atoms. The van der Waals surface area contributed by atoms with Gasteiger partial charge in [0.05, 0.1) is 0 Å². The number of Topliss-reactive ketones (excluding diaryl/α,β-unsaturated/α-hetero) is 1. The molecule has 2 aliphatic rings. The number of hydrogen-bond acceptors (Lipinski definition) is 1. The van der Waals surface area contributed by atoms with E-state index >= 15 is 0 Å². The first-order valence-corrected chi connectivity index (χ1v) is 11.1. The van der Waals surface area contributed by atoms with Gasteiger partial charge in [-0.25, -0.2) is 0 Å². The van der Waals surface area contributed by atoms with Gasteiger partial charge in [-0.1, -0.05) is 47.5 Å². The van der Waals surface area contributed by atoms with E-state index in [1.165, 1.54) is 59.1 Å². The number of carbonyl (C=O) groups excluding carboxylic acids is 1. The van der Waals surface area contributed by atoms with E-state index in [4.69, 9.17) is 0 Å². The number of ketones is 1. The molecule has 0 aromatic heterocycles. The summed E-state index contributed by atoms with van der Waals surface area (Å²) < 4.78 is 0. The summed E-state index contributed by atoms with van der Waals surface area (Å²) >= 11 is 0. The molecule has 2 aromatic carbocycles. The van der Waals surface area contributed by atoms with E-state index in [-0.39, 0.29) is 0 Å². The summed E-state index contributed by atoms with van der Waals surface area (Å²) in [6.07, 6.45) is 6.59. The minimum absolute atomic E-state index is 0.422. The Bertz CT molecular complexity index is 798. The van der Waals surface area contributed by atoms with E-state index in [9.17, 15) is 4.79 Å². The number of benzene rings is 2. The third kappa shape index (κ3) is 4.40. The molecule has 1 nitrogen and oxygen atoms in total. The van der Waals surface area contributed by atoms with Crippen molar-refractivity contribution in [2.24, 2.45) is 11.8 Å². The SMILES string of the molecule is Cc1ccc(C)c([C@@H](CC(=O)C[C@@H](c2cc(C)ccc2C)C2CC2)C2CC2)c1. The highest BCUT2D eigenvalue weighted by Gasteiger charge is 2.37. The molecule has 2 saturated carbocycles. The predicted octanol–water partition coefficient (Wildman–Crippen LogP) is 6.96. The number of hydrogen-bond donors (Lipinski definition) is 0. The molecule has 0 unspecified atom stereocenters. The van der Waals surface area contributed by atoms with E-state index in [0.29, 0.717) is 29.5 Å². The van der Waals surface area contributed by atoms with E-state index in [2.05, 4.69) is 64.1 Å². The zero-order valence-corrected chi connectivity index (χ0v) is 17.9. The topological polar surface area (TPSA) is 17.1 Å². The van der Waals surface area contributed by atoms with Crippen LogP contribution in [-0.2, 0) is 4.79 Å². The van der Waals surface area contributed by atoms with Crippen LogP contribution in [0.4, 0.5) is 0 Å². The standard InChI is InChI=1S/C27H34O/c1-17-5-7-19(3)24(13-17)26(21-9-10-21)15-23(28)16-27(22-11-12-22)25-14-18(2)6-8-20(25)4/h5-8,13-14,21-22,26-27H,9-12,15-16H2,1-4H3/t26-,27+. The molecule has 0 spiro atoms. The minimum atomic E-state index is 0.422. The maximum atomic E-state index is 13.3. The highest BCUT2D eigenvalue weighted by molar-refractivity contribution is 5.80. The summed E-state index contributed by atoms with van der Waals surface area (Å²) in [4.78, 5) is 13.3. The Hall–Kier alpha value is -1.89. The Morgan fingerprint density at radius 3 is 1.50 bits per heavy atom. The van der Waals surface area contributed by atoms with Gasteiger partial charge in [0.2, 0.25) is 0 Å². The van der Waals surface area contributed by atoms with Gasteiger partial charge >= 0.3 is 0 Å². The monoisotopic (exact) mass is 374 g/mol. The van der Waals surface area contributed by atoms with Crippen molar-refractivity contribution in [3.63, 3.8) is 0 Å². The van der Waals surface area contributed by atoms with Crippen molar-refractivity contribution < 1.29 is 4.79 Å². The molecule has 0 saturated heterocycles. The van der Waals surface area contributed by atoms with Gasteiger partial charge in [0.15, 0.2) is 0 Å². The van der Waals surface area contributed by atoms with Crippen LogP contribution in [0, 0.1) is 39.5 Å². The van der Waals surface area contributed by atoms with Gasteiger partial charge < -0.3 is 0 Å². The van der Waals surface area contributed by atoms with Crippen LogP contribution < -0.4 is 0 Å². The molecular formula is C27H34O. The summed E-state index contributed by atoms with van der Waals surface area (Å²) in [6, 6.07) is 13.5. The van der Waals surface area contributed by atoms with Crippen LogP contribution in [0.15, 0.2) is 36.4 Å². The lowest BCUT2D eigenvalue weighted by Gasteiger charge is -2.23. The Balaban J connectivity index is 1.53. The molecular weight excluding hydrogens is 340 g/mol. The van der Waals surface area contributed by atoms with Crippen LogP contribution in [0.1, 0.15) is 83.7 Å². The number of rotatable bonds is 8. The van der Waals surface area contributed by atoms with Crippen LogP contribution in [0.3, 0.4) is 0 Å². The van der Waals surface area contributed by atoms with Gasteiger partial charge in [0, 0.05) is 12.8 Å². The quantitative estimate of drug-likeness (QED) is 0.488. The molecule has 0 radical (unpaired) electrons. The maximum Gasteiger partial charge on any atom is 0.134 e. The van der Waals surface area contributed by atoms with Crippen LogP contribution in [-0.4, -0.2) is 5.78 Å². The molecule has 0 aliphatic heterocycles. The molecule has 0 heterocycles. The van der Waals surface area contributed by atoms with Crippen molar-refractivity contribution in [2.45, 2.75) is 78.1 Å². The second kappa shape index (κ2) is 7.85. The molecule has 2 fully saturated rings.